The number of rotatable bonds is 2. The number of carbonyl (C=O) groups excluding carboxylic acids is 1. The summed E-state index contributed by atoms with van der Waals surface area (Å²) in [5.41, 5.74) is 1.55. The lowest BCUT2D eigenvalue weighted by Crippen LogP contribution is -2.24. The van der Waals surface area contributed by atoms with E-state index < -0.39 is 0 Å². The highest BCUT2D eigenvalue weighted by atomic mass is 16.5. The molecule has 2 rings (SSSR count). The van der Waals surface area contributed by atoms with Crippen molar-refractivity contribution in [3.05, 3.63) is 29.6 Å². The molecule has 1 fully saturated rings. The Balaban J connectivity index is 2.26. The Morgan fingerprint density at radius 3 is 2.76 bits per heavy atom. The number of carbonyl (C=O) groups is 1. The Bertz CT molecular complexity index is 387. The van der Waals surface area contributed by atoms with Gasteiger partial charge in [-0.05, 0) is 11.6 Å². The number of nitrogens with one attached hydrogen (secondary N) is 2. The van der Waals surface area contributed by atoms with Crippen molar-refractivity contribution >= 4 is 5.97 Å². The molecule has 5 nitrogen and oxygen atoms in total. The van der Waals surface area contributed by atoms with Gasteiger partial charge in [-0.3, -0.25) is 4.98 Å². The molecular weight excluding hydrogens is 218 g/mol. The maximum absolute atomic E-state index is 11.7. The molecule has 0 unspecified atom stereocenters. The zero-order valence-corrected chi connectivity index (χ0v) is 9.90. The minimum absolute atomic E-state index is 0.273. The number of hydrogen-bond donors (Lipinski definition) is 2. The van der Waals surface area contributed by atoms with Crippen LogP contribution >= 0.6 is 0 Å². The van der Waals surface area contributed by atoms with Gasteiger partial charge in [0.15, 0.2) is 0 Å². The number of pyridine rings is 1. The van der Waals surface area contributed by atoms with Crippen LogP contribution < -0.4 is 10.6 Å². The van der Waals surface area contributed by atoms with Crippen molar-refractivity contribution in [2.45, 2.75) is 5.92 Å². The van der Waals surface area contributed by atoms with Crippen molar-refractivity contribution in [2.75, 3.05) is 33.3 Å². The number of hydrogen-bond acceptors (Lipinski definition) is 5. The molecule has 0 saturated carbocycles. The summed E-state index contributed by atoms with van der Waals surface area (Å²) < 4.78 is 4.78. The predicted molar refractivity (Wildman–Crippen MR) is 64.1 cm³/mol. The summed E-state index contributed by atoms with van der Waals surface area (Å²) in [5, 5.41) is 6.69. The van der Waals surface area contributed by atoms with Gasteiger partial charge in [0.2, 0.25) is 0 Å². The van der Waals surface area contributed by atoms with Gasteiger partial charge in [-0.25, -0.2) is 4.79 Å². The molecule has 0 atom stereocenters. The van der Waals surface area contributed by atoms with E-state index in [4.69, 9.17) is 4.74 Å². The topological polar surface area (TPSA) is 63.2 Å². The van der Waals surface area contributed by atoms with Crippen LogP contribution in [0.4, 0.5) is 0 Å². The summed E-state index contributed by atoms with van der Waals surface area (Å²) in [5.74, 6) is -0.0491. The fourth-order valence-corrected chi connectivity index (χ4v) is 2.06. The smallest absolute Gasteiger partial charge is 0.339 e. The van der Waals surface area contributed by atoms with E-state index in [2.05, 4.69) is 15.6 Å². The molecule has 1 aromatic rings. The summed E-state index contributed by atoms with van der Waals surface area (Å²) >= 11 is 0. The molecule has 0 aromatic carbocycles. The van der Waals surface area contributed by atoms with E-state index in [-0.39, 0.29) is 11.9 Å². The lowest BCUT2D eigenvalue weighted by molar-refractivity contribution is 0.0598. The van der Waals surface area contributed by atoms with E-state index in [1.807, 2.05) is 6.07 Å². The first-order chi connectivity index (χ1) is 8.33. The molecule has 1 saturated heterocycles. The fourth-order valence-electron chi connectivity index (χ4n) is 2.06. The van der Waals surface area contributed by atoms with Gasteiger partial charge in [0, 0.05) is 44.5 Å². The van der Waals surface area contributed by atoms with Crippen LogP contribution in [-0.2, 0) is 4.74 Å². The average molecular weight is 235 g/mol. The van der Waals surface area contributed by atoms with Crippen LogP contribution in [0.25, 0.3) is 0 Å². The van der Waals surface area contributed by atoms with Crippen LogP contribution in [0.15, 0.2) is 18.5 Å². The van der Waals surface area contributed by atoms with Gasteiger partial charge < -0.3 is 15.4 Å². The molecule has 5 heteroatoms. The fraction of sp³-hybridized carbons (Fsp3) is 0.500. The molecule has 0 amide bonds. The van der Waals surface area contributed by atoms with Crippen LogP contribution in [-0.4, -0.2) is 44.2 Å². The van der Waals surface area contributed by atoms with E-state index >= 15 is 0 Å². The van der Waals surface area contributed by atoms with E-state index in [1.54, 1.807) is 12.4 Å². The number of aromatic nitrogens is 1. The highest BCUT2D eigenvalue weighted by molar-refractivity contribution is 5.90. The van der Waals surface area contributed by atoms with Crippen molar-refractivity contribution in [1.29, 1.82) is 0 Å². The second kappa shape index (κ2) is 5.75. The maximum Gasteiger partial charge on any atom is 0.339 e. The molecular formula is C12H17N3O2. The van der Waals surface area contributed by atoms with Gasteiger partial charge in [-0.1, -0.05) is 0 Å². The molecule has 2 heterocycles. The van der Waals surface area contributed by atoms with Crippen molar-refractivity contribution in [2.24, 2.45) is 0 Å². The van der Waals surface area contributed by atoms with Gasteiger partial charge in [0.25, 0.3) is 0 Å². The SMILES string of the molecule is COC(=O)c1cnccc1C1CNCCNC1. The van der Waals surface area contributed by atoms with E-state index in [1.165, 1.54) is 7.11 Å². The first-order valence-corrected chi connectivity index (χ1v) is 5.76. The third-order valence-corrected chi connectivity index (χ3v) is 2.96. The summed E-state index contributed by atoms with van der Waals surface area (Å²) in [6.07, 6.45) is 3.29. The van der Waals surface area contributed by atoms with Crippen molar-refractivity contribution < 1.29 is 9.53 Å². The number of ether oxygens (including phenoxy) is 1. The quantitative estimate of drug-likeness (QED) is 0.714. The molecule has 0 radical (unpaired) electrons. The van der Waals surface area contributed by atoms with Gasteiger partial charge in [0.1, 0.15) is 0 Å². The second-order valence-electron chi connectivity index (χ2n) is 4.06. The third-order valence-electron chi connectivity index (χ3n) is 2.96. The standard InChI is InChI=1S/C12H17N3O2/c1-17-12(16)11-8-13-3-2-10(11)9-6-14-4-5-15-7-9/h2-3,8-9,14-15H,4-7H2,1H3. The highest BCUT2D eigenvalue weighted by Gasteiger charge is 2.20. The normalized spacial score (nSPS) is 17.5. The molecule has 17 heavy (non-hydrogen) atoms. The molecule has 0 aliphatic carbocycles. The summed E-state index contributed by atoms with van der Waals surface area (Å²) in [6, 6.07) is 1.89. The molecule has 0 bridgehead atoms. The molecule has 1 aliphatic heterocycles. The Labute approximate surface area is 101 Å². The maximum atomic E-state index is 11.7. The van der Waals surface area contributed by atoms with Gasteiger partial charge in [-0.2, -0.15) is 0 Å². The van der Waals surface area contributed by atoms with Crippen molar-refractivity contribution in [3.63, 3.8) is 0 Å². The summed E-state index contributed by atoms with van der Waals surface area (Å²) in [6.45, 7) is 3.63. The van der Waals surface area contributed by atoms with Crippen LogP contribution in [0.2, 0.25) is 0 Å². The van der Waals surface area contributed by atoms with Gasteiger partial charge >= 0.3 is 5.97 Å². The van der Waals surface area contributed by atoms with Crippen LogP contribution in [0.5, 0.6) is 0 Å². The van der Waals surface area contributed by atoms with Crippen molar-refractivity contribution in [1.82, 2.24) is 15.6 Å². The Morgan fingerprint density at radius 1 is 1.41 bits per heavy atom. The minimum Gasteiger partial charge on any atom is -0.465 e. The van der Waals surface area contributed by atoms with Gasteiger partial charge in [-0.15, -0.1) is 0 Å². The zero-order valence-electron chi connectivity index (χ0n) is 9.90. The summed E-state index contributed by atoms with van der Waals surface area (Å²) in [4.78, 5) is 15.7. The van der Waals surface area contributed by atoms with E-state index in [0.717, 1.165) is 31.7 Å². The van der Waals surface area contributed by atoms with Crippen LogP contribution in [0.3, 0.4) is 0 Å². The van der Waals surface area contributed by atoms with Crippen LogP contribution in [0, 0.1) is 0 Å². The number of nitrogens with zero attached hydrogens (tertiary/aromatic N) is 1. The van der Waals surface area contributed by atoms with Crippen LogP contribution in [0.1, 0.15) is 21.8 Å². The number of methoxy groups -OCH3 is 1. The monoisotopic (exact) mass is 235 g/mol. The van der Waals surface area contributed by atoms with Gasteiger partial charge in [0.05, 0.1) is 12.7 Å². The lowest BCUT2D eigenvalue weighted by Gasteiger charge is -2.17. The van der Waals surface area contributed by atoms with E-state index in [0.29, 0.717) is 5.56 Å². The highest BCUT2D eigenvalue weighted by Crippen LogP contribution is 2.19. The largest absolute Gasteiger partial charge is 0.465 e. The van der Waals surface area contributed by atoms with Crippen molar-refractivity contribution in [3.8, 4) is 0 Å². The first-order valence-electron chi connectivity index (χ1n) is 5.76. The Hall–Kier alpha value is -1.46. The molecule has 1 aromatic heterocycles. The van der Waals surface area contributed by atoms with E-state index in [9.17, 15) is 4.79 Å². The summed E-state index contributed by atoms with van der Waals surface area (Å²) in [7, 11) is 1.39. The molecule has 1 aliphatic rings. The molecule has 2 N–H and O–H groups in total. The predicted octanol–water partition coefficient (Wildman–Crippen LogP) is 0.145. The molecule has 92 valence electrons. The third kappa shape index (κ3) is 2.81. The Morgan fingerprint density at radius 2 is 2.12 bits per heavy atom. The first kappa shape index (κ1) is 12.0. The Kier molecular flexibility index (Phi) is 4.06. The minimum atomic E-state index is -0.322. The zero-order chi connectivity index (χ0) is 12.1. The molecule has 0 spiro atoms. The lowest BCUT2D eigenvalue weighted by atomic mass is 9.95. The second-order valence-corrected chi connectivity index (χ2v) is 4.06. The number of esters is 1. The average Bonchev–Trinajstić information content (AvgIpc) is 2.66.